The van der Waals surface area contributed by atoms with Crippen molar-refractivity contribution in [1.82, 2.24) is 10.2 Å². The van der Waals surface area contributed by atoms with Gasteiger partial charge in [0.05, 0.1) is 13.7 Å². The summed E-state index contributed by atoms with van der Waals surface area (Å²) in [5.74, 6) is 1.31. The average molecular weight is 441 g/mol. The molecule has 2 aromatic carbocycles. The molecule has 0 spiro atoms. The van der Waals surface area contributed by atoms with Crippen molar-refractivity contribution in [3.63, 3.8) is 0 Å². The summed E-state index contributed by atoms with van der Waals surface area (Å²) in [7, 11) is 1.62. The zero-order chi connectivity index (χ0) is 23.5. The van der Waals surface area contributed by atoms with Crippen LogP contribution in [0.1, 0.15) is 51.2 Å². The van der Waals surface area contributed by atoms with Crippen LogP contribution in [0.25, 0.3) is 0 Å². The minimum absolute atomic E-state index is 0.0595. The molecule has 2 amide bonds. The molecule has 0 saturated heterocycles. The van der Waals surface area contributed by atoms with Gasteiger partial charge in [-0.15, -0.1) is 0 Å². The van der Waals surface area contributed by atoms with Crippen LogP contribution < -0.4 is 14.8 Å². The van der Waals surface area contributed by atoms with Gasteiger partial charge in [-0.3, -0.25) is 9.59 Å². The van der Waals surface area contributed by atoms with Crippen molar-refractivity contribution in [2.24, 2.45) is 0 Å². The monoisotopic (exact) mass is 440 g/mol. The first-order chi connectivity index (χ1) is 15.3. The molecule has 0 aliphatic rings. The molecule has 0 aliphatic heterocycles. The Bertz CT molecular complexity index is 849. The summed E-state index contributed by atoms with van der Waals surface area (Å²) in [5, 5.41) is 2.99. The maximum absolute atomic E-state index is 13.1. The standard InChI is InChI=1S/C26H36N2O4/c1-6-20(3)27-26(30)21(4)28(18-22-11-9-19(2)10-12-22)25(29)8-7-17-32-24-15-13-23(31-5)14-16-24/h9-16,20-21H,6-8,17-18H2,1-5H3,(H,27,30). The lowest BCUT2D eigenvalue weighted by Crippen LogP contribution is -2.49. The highest BCUT2D eigenvalue weighted by Crippen LogP contribution is 2.18. The number of hydrogen-bond acceptors (Lipinski definition) is 4. The number of carbonyl (C=O) groups is 2. The number of carbonyl (C=O) groups excluding carboxylic acids is 2. The van der Waals surface area contributed by atoms with Crippen molar-refractivity contribution >= 4 is 11.8 Å². The van der Waals surface area contributed by atoms with Crippen LogP contribution in [0.3, 0.4) is 0 Å². The van der Waals surface area contributed by atoms with Crippen LogP contribution >= 0.6 is 0 Å². The molecule has 2 unspecified atom stereocenters. The van der Waals surface area contributed by atoms with Crippen molar-refractivity contribution in [3.8, 4) is 11.5 Å². The lowest BCUT2D eigenvalue weighted by Gasteiger charge is -2.30. The molecule has 2 aromatic rings. The number of ether oxygens (including phenoxy) is 2. The maximum Gasteiger partial charge on any atom is 0.242 e. The summed E-state index contributed by atoms with van der Waals surface area (Å²) < 4.78 is 10.9. The van der Waals surface area contributed by atoms with Gasteiger partial charge in [-0.25, -0.2) is 0 Å². The predicted octanol–water partition coefficient (Wildman–Crippen LogP) is 4.49. The van der Waals surface area contributed by atoms with E-state index in [1.54, 1.807) is 18.9 Å². The first-order valence-electron chi connectivity index (χ1n) is 11.3. The van der Waals surface area contributed by atoms with Crippen molar-refractivity contribution in [2.75, 3.05) is 13.7 Å². The fourth-order valence-electron chi connectivity index (χ4n) is 3.17. The van der Waals surface area contributed by atoms with Crippen molar-refractivity contribution in [1.29, 1.82) is 0 Å². The van der Waals surface area contributed by atoms with Gasteiger partial charge in [-0.2, -0.15) is 0 Å². The highest BCUT2D eigenvalue weighted by Gasteiger charge is 2.26. The van der Waals surface area contributed by atoms with Crippen LogP contribution in [0.15, 0.2) is 48.5 Å². The zero-order valence-electron chi connectivity index (χ0n) is 19.9. The number of benzene rings is 2. The van der Waals surface area contributed by atoms with E-state index in [2.05, 4.69) is 5.32 Å². The number of nitrogens with zero attached hydrogens (tertiary/aromatic N) is 1. The van der Waals surface area contributed by atoms with E-state index >= 15 is 0 Å². The topological polar surface area (TPSA) is 67.9 Å². The van der Waals surface area contributed by atoms with E-state index in [-0.39, 0.29) is 17.9 Å². The van der Waals surface area contributed by atoms with Crippen molar-refractivity contribution < 1.29 is 19.1 Å². The minimum atomic E-state index is -0.555. The molecule has 2 rings (SSSR count). The van der Waals surface area contributed by atoms with Gasteiger partial charge >= 0.3 is 0 Å². The summed E-state index contributed by atoms with van der Waals surface area (Å²) in [6, 6.07) is 14.9. The third-order valence-electron chi connectivity index (χ3n) is 5.50. The highest BCUT2D eigenvalue weighted by atomic mass is 16.5. The van der Waals surface area contributed by atoms with Gasteiger partial charge in [0.15, 0.2) is 0 Å². The number of nitrogens with one attached hydrogen (secondary N) is 1. The fraction of sp³-hybridized carbons (Fsp3) is 0.462. The number of aryl methyl sites for hydroxylation is 1. The van der Waals surface area contributed by atoms with Gasteiger partial charge < -0.3 is 19.7 Å². The normalized spacial score (nSPS) is 12.5. The Labute approximate surface area is 191 Å². The Morgan fingerprint density at radius 3 is 2.22 bits per heavy atom. The number of amides is 2. The molecule has 174 valence electrons. The number of rotatable bonds is 12. The Kier molecular flexibility index (Phi) is 10.1. The van der Waals surface area contributed by atoms with Gasteiger partial charge in [-0.1, -0.05) is 36.8 Å². The molecular formula is C26H36N2O4. The van der Waals surface area contributed by atoms with Crippen molar-refractivity contribution in [2.45, 2.75) is 65.6 Å². The van der Waals surface area contributed by atoms with Gasteiger partial charge in [0.2, 0.25) is 11.8 Å². The molecule has 32 heavy (non-hydrogen) atoms. The van der Waals surface area contributed by atoms with E-state index in [0.717, 1.165) is 29.0 Å². The molecule has 1 N–H and O–H groups in total. The Morgan fingerprint density at radius 1 is 1.00 bits per heavy atom. The van der Waals surface area contributed by atoms with E-state index in [1.165, 1.54) is 0 Å². The smallest absolute Gasteiger partial charge is 0.242 e. The Morgan fingerprint density at radius 2 is 1.62 bits per heavy atom. The molecule has 0 aliphatic carbocycles. The summed E-state index contributed by atoms with van der Waals surface area (Å²) >= 11 is 0. The SMILES string of the molecule is CCC(C)NC(=O)C(C)N(Cc1ccc(C)cc1)C(=O)CCCOc1ccc(OC)cc1. The average Bonchev–Trinajstić information content (AvgIpc) is 2.81. The van der Waals surface area contributed by atoms with Crippen LogP contribution in [0.5, 0.6) is 11.5 Å². The second-order valence-corrected chi connectivity index (χ2v) is 8.13. The molecule has 0 heterocycles. The van der Waals surface area contributed by atoms with E-state index in [4.69, 9.17) is 9.47 Å². The molecule has 2 atom stereocenters. The van der Waals surface area contributed by atoms with Crippen LogP contribution in [-0.2, 0) is 16.1 Å². The third-order valence-corrected chi connectivity index (χ3v) is 5.50. The van der Waals surface area contributed by atoms with E-state index in [1.807, 2.05) is 69.3 Å². The highest BCUT2D eigenvalue weighted by molar-refractivity contribution is 5.87. The van der Waals surface area contributed by atoms with Crippen molar-refractivity contribution in [3.05, 3.63) is 59.7 Å². The zero-order valence-corrected chi connectivity index (χ0v) is 19.9. The molecule has 6 heteroatoms. The van der Waals surface area contributed by atoms with Crippen LogP contribution in [-0.4, -0.2) is 42.5 Å². The second-order valence-electron chi connectivity index (χ2n) is 8.13. The van der Waals surface area contributed by atoms with Gasteiger partial charge in [0.1, 0.15) is 17.5 Å². The molecule has 0 bridgehead atoms. The predicted molar refractivity (Wildman–Crippen MR) is 127 cm³/mol. The fourth-order valence-corrected chi connectivity index (χ4v) is 3.17. The summed E-state index contributed by atoms with van der Waals surface area (Å²) in [5.41, 5.74) is 2.16. The quantitative estimate of drug-likeness (QED) is 0.494. The third kappa shape index (κ3) is 7.91. The van der Waals surface area contributed by atoms with Gasteiger partial charge in [0.25, 0.3) is 0 Å². The van der Waals surface area contributed by atoms with Gasteiger partial charge in [-0.05, 0) is 63.4 Å². The lowest BCUT2D eigenvalue weighted by molar-refractivity contribution is -0.141. The van der Waals surface area contributed by atoms with Crippen LogP contribution in [0, 0.1) is 6.92 Å². The molecule has 0 fully saturated rings. The Balaban J connectivity index is 1.98. The molecule has 6 nitrogen and oxygen atoms in total. The molecule has 0 saturated carbocycles. The second kappa shape index (κ2) is 12.7. The first kappa shape index (κ1) is 25.2. The van der Waals surface area contributed by atoms with Crippen LogP contribution in [0.4, 0.5) is 0 Å². The number of hydrogen-bond donors (Lipinski definition) is 1. The summed E-state index contributed by atoms with van der Waals surface area (Å²) in [6.45, 7) is 8.62. The summed E-state index contributed by atoms with van der Waals surface area (Å²) in [4.78, 5) is 27.5. The minimum Gasteiger partial charge on any atom is -0.497 e. The maximum atomic E-state index is 13.1. The van der Waals surface area contributed by atoms with E-state index in [9.17, 15) is 9.59 Å². The lowest BCUT2D eigenvalue weighted by atomic mass is 10.1. The van der Waals surface area contributed by atoms with E-state index in [0.29, 0.717) is 26.0 Å². The first-order valence-corrected chi connectivity index (χ1v) is 11.3. The summed E-state index contributed by atoms with van der Waals surface area (Å²) in [6.07, 6.45) is 1.71. The van der Waals surface area contributed by atoms with Gasteiger partial charge in [0, 0.05) is 19.0 Å². The Hall–Kier alpha value is -3.02. The number of methoxy groups -OCH3 is 1. The largest absolute Gasteiger partial charge is 0.497 e. The molecular weight excluding hydrogens is 404 g/mol. The molecule has 0 aromatic heterocycles. The van der Waals surface area contributed by atoms with E-state index < -0.39 is 6.04 Å². The van der Waals surface area contributed by atoms with Crippen LogP contribution in [0.2, 0.25) is 0 Å². The molecule has 0 radical (unpaired) electrons.